The van der Waals surface area contributed by atoms with Gasteiger partial charge in [-0.05, 0) is 31.7 Å². The fourth-order valence-electron chi connectivity index (χ4n) is 2.94. The Morgan fingerprint density at radius 1 is 1.23 bits per heavy atom. The van der Waals surface area contributed by atoms with Crippen LogP contribution in [-0.4, -0.2) is 52.9 Å². The molecule has 1 fully saturated rings. The number of carboxylic acids is 1. The number of halogens is 3. The van der Waals surface area contributed by atoms with Crippen molar-refractivity contribution in [3.63, 3.8) is 0 Å². The van der Waals surface area contributed by atoms with Crippen LogP contribution in [0, 0.1) is 12.3 Å². The third-order valence-electron chi connectivity index (χ3n) is 4.38. The van der Waals surface area contributed by atoms with Crippen molar-refractivity contribution in [1.29, 1.82) is 0 Å². The number of hydrogen-bond donors (Lipinski definition) is 2. The molecule has 5 nitrogen and oxygen atoms in total. The molecule has 0 bridgehead atoms. The van der Waals surface area contributed by atoms with E-state index in [-0.39, 0.29) is 17.9 Å². The summed E-state index contributed by atoms with van der Waals surface area (Å²) in [6.07, 6.45) is -2.28. The van der Waals surface area contributed by atoms with Crippen LogP contribution in [-0.2, 0) is 16.0 Å². The molecule has 1 unspecified atom stereocenters. The average molecular weight is 375 g/mol. The van der Waals surface area contributed by atoms with Gasteiger partial charge in [0.15, 0.2) is 0 Å². The second-order valence-corrected chi connectivity index (χ2v) is 6.67. The number of carboxylic acid groups (broad SMARTS) is 1. The molecule has 1 heterocycles. The summed E-state index contributed by atoms with van der Waals surface area (Å²) < 4.78 is 31.7. The molecule has 0 radical (unpaired) electrons. The Labute approximate surface area is 150 Å². The van der Waals surface area contributed by atoms with E-state index in [0.717, 1.165) is 25.8 Å². The van der Waals surface area contributed by atoms with Gasteiger partial charge >= 0.3 is 12.1 Å². The second-order valence-electron chi connectivity index (χ2n) is 6.67. The Balaban J connectivity index is 0.000000412. The van der Waals surface area contributed by atoms with Gasteiger partial charge in [-0.2, -0.15) is 13.2 Å². The Kier molecular flexibility index (Phi) is 7.62. The molecule has 1 aromatic carbocycles. The number of benzene rings is 1. The third-order valence-corrected chi connectivity index (χ3v) is 4.38. The maximum absolute atomic E-state index is 11.5. The van der Waals surface area contributed by atoms with Gasteiger partial charge in [-0.15, -0.1) is 0 Å². The van der Waals surface area contributed by atoms with Gasteiger partial charge in [-0.1, -0.05) is 29.8 Å². The predicted molar refractivity (Wildman–Crippen MR) is 89.6 cm³/mol. The lowest BCUT2D eigenvalue weighted by Crippen LogP contribution is -2.48. The summed E-state index contributed by atoms with van der Waals surface area (Å²) in [6, 6.07) is 8.46. The smallest absolute Gasteiger partial charge is 0.475 e. The van der Waals surface area contributed by atoms with E-state index < -0.39 is 12.1 Å². The summed E-state index contributed by atoms with van der Waals surface area (Å²) in [4.78, 5) is 22.3. The zero-order valence-corrected chi connectivity index (χ0v) is 14.8. The molecule has 0 aromatic heterocycles. The van der Waals surface area contributed by atoms with Crippen molar-refractivity contribution in [2.24, 2.45) is 5.41 Å². The number of alkyl halides is 3. The van der Waals surface area contributed by atoms with Crippen LogP contribution < -0.4 is 0 Å². The number of rotatable bonds is 3. The molecule has 0 spiro atoms. The molecule has 1 aliphatic rings. The van der Waals surface area contributed by atoms with Crippen LogP contribution in [0.15, 0.2) is 24.3 Å². The molecular formula is C18H24F3NO4. The monoisotopic (exact) mass is 375 g/mol. The summed E-state index contributed by atoms with van der Waals surface area (Å²) in [7, 11) is 0. The second kappa shape index (κ2) is 9.02. The quantitative estimate of drug-likeness (QED) is 0.852. The highest BCUT2D eigenvalue weighted by Gasteiger charge is 2.38. The van der Waals surface area contributed by atoms with Crippen molar-refractivity contribution in [1.82, 2.24) is 4.90 Å². The summed E-state index contributed by atoms with van der Waals surface area (Å²) in [5.41, 5.74) is 2.32. The number of likely N-dealkylation sites (tertiary alicyclic amines) is 1. The molecule has 0 saturated carbocycles. The first kappa shape index (κ1) is 22.0. The zero-order chi connectivity index (χ0) is 20.0. The number of carbonyl (C=O) groups excluding carboxylic acids is 1. The van der Waals surface area contributed by atoms with Crippen molar-refractivity contribution in [3.8, 4) is 0 Å². The molecule has 1 atom stereocenters. The van der Waals surface area contributed by atoms with Gasteiger partial charge in [0.1, 0.15) is 0 Å². The number of aliphatic hydroxyl groups excluding tert-OH is 1. The molecule has 26 heavy (non-hydrogen) atoms. The minimum Gasteiger partial charge on any atom is -0.475 e. The number of aliphatic carboxylic acids is 1. The Morgan fingerprint density at radius 3 is 2.19 bits per heavy atom. The molecule has 2 N–H and O–H groups in total. The number of nitrogens with zero attached hydrogens (tertiary/aromatic N) is 1. The van der Waals surface area contributed by atoms with Crippen LogP contribution in [0.3, 0.4) is 0 Å². The van der Waals surface area contributed by atoms with Crippen molar-refractivity contribution in [3.05, 3.63) is 35.4 Å². The molecule has 1 aromatic rings. The molecular weight excluding hydrogens is 351 g/mol. The Hall–Kier alpha value is -2.09. The van der Waals surface area contributed by atoms with E-state index in [1.807, 2.05) is 4.90 Å². The summed E-state index contributed by atoms with van der Waals surface area (Å²) in [5, 5.41) is 16.9. The van der Waals surface area contributed by atoms with Crippen molar-refractivity contribution in [2.45, 2.75) is 39.3 Å². The molecule has 2 rings (SSSR count). The van der Waals surface area contributed by atoms with Crippen LogP contribution in [0.4, 0.5) is 13.2 Å². The van der Waals surface area contributed by atoms with E-state index >= 15 is 0 Å². The lowest BCUT2D eigenvalue weighted by Gasteiger charge is -2.41. The van der Waals surface area contributed by atoms with Crippen molar-refractivity contribution in [2.75, 3.05) is 19.7 Å². The number of aliphatic hydroxyl groups is 1. The van der Waals surface area contributed by atoms with Gasteiger partial charge in [-0.3, -0.25) is 4.79 Å². The predicted octanol–water partition coefficient (Wildman–Crippen LogP) is 2.79. The third kappa shape index (κ3) is 6.67. The van der Waals surface area contributed by atoms with Crippen LogP contribution in [0.2, 0.25) is 0 Å². The molecule has 1 amide bonds. The molecule has 1 saturated heterocycles. The maximum Gasteiger partial charge on any atom is 0.490 e. The Morgan fingerprint density at radius 2 is 1.77 bits per heavy atom. The summed E-state index contributed by atoms with van der Waals surface area (Å²) >= 11 is 0. The summed E-state index contributed by atoms with van der Waals surface area (Å²) in [5.74, 6) is -2.64. The van der Waals surface area contributed by atoms with Gasteiger partial charge < -0.3 is 15.1 Å². The van der Waals surface area contributed by atoms with Crippen LogP contribution >= 0.6 is 0 Å². The van der Waals surface area contributed by atoms with Crippen molar-refractivity contribution < 1.29 is 33.0 Å². The largest absolute Gasteiger partial charge is 0.490 e. The van der Waals surface area contributed by atoms with E-state index in [0.29, 0.717) is 6.54 Å². The molecule has 8 heteroatoms. The fourth-order valence-corrected chi connectivity index (χ4v) is 2.94. The van der Waals surface area contributed by atoms with Gasteiger partial charge in [0.2, 0.25) is 5.91 Å². The van der Waals surface area contributed by atoms with E-state index in [4.69, 9.17) is 9.90 Å². The molecule has 0 aliphatic carbocycles. The lowest BCUT2D eigenvalue weighted by molar-refractivity contribution is -0.192. The molecule has 1 aliphatic heterocycles. The fraction of sp³-hybridized carbons (Fsp3) is 0.556. The van der Waals surface area contributed by atoms with Crippen molar-refractivity contribution >= 4 is 11.9 Å². The number of carbonyl (C=O) groups is 2. The highest BCUT2D eigenvalue weighted by atomic mass is 19.4. The van der Waals surface area contributed by atoms with E-state index in [1.54, 1.807) is 6.92 Å². The van der Waals surface area contributed by atoms with Crippen LogP contribution in [0.5, 0.6) is 0 Å². The van der Waals surface area contributed by atoms with Gasteiger partial charge in [0.25, 0.3) is 0 Å². The SMILES string of the molecule is CC(=O)N1CCCC(CO)(Cc2ccc(C)cc2)C1.O=C(O)C(F)(F)F. The number of piperidine rings is 1. The zero-order valence-electron chi connectivity index (χ0n) is 14.8. The number of hydrogen-bond acceptors (Lipinski definition) is 3. The number of aryl methyl sites for hydroxylation is 1. The molecule has 146 valence electrons. The minimum absolute atomic E-state index is 0.112. The first-order chi connectivity index (χ1) is 12.0. The van der Waals surface area contributed by atoms with E-state index in [2.05, 4.69) is 31.2 Å². The van der Waals surface area contributed by atoms with Crippen LogP contribution in [0.25, 0.3) is 0 Å². The van der Waals surface area contributed by atoms with Gasteiger partial charge in [-0.25, -0.2) is 4.79 Å². The van der Waals surface area contributed by atoms with Gasteiger partial charge in [0, 0.05) is 25.4 Å². The topological polar surface area (TPSA) is 77.8 Å². The first-order valence-electron chi connectivity index (χ1n) is 8.21. The Bertz CT molecular complexity index is 616. The van der Waals surface area contributed by atoms with E-state index in [1.165, 1.54) is 11.1 Å². The maximum atomic E-state index is 11.5. The minimum atomic E-state index is -5.08. The first-order valence-corrected chi connectivity index (χ1v) is 8.21. The highest BCUT2D eigenvalue weighted by molar-refractivity contribution is 5.73. The number of amides is 1. The van der Waals surface area contributed by atoms with Crippen LogP contribution in [0.1, 0.15) is 30.9 Å². The van der Waals surface area contributed by atoms with Gasteiger partial charge in [0.05, 0.1) is 6.61 Å². The van der Waals surface area contributed by atoms with E-state index in [9.17, 15) is 23.1 Å². The summed E-state index contributed by atoms with van der Waals surface area (Å²) in [6.45, 7) is 5.32. The standard InChI is InChI=1S/C16H23NO2.C2HF3O2/c1-13-4-6-15(7-5-13)10-16(12-18)8-3-9-17(11-16)14(2)19;3-2(4,5)1(6)7/h4-7,18H,3,8-12H2,1-2H3;(H,6,7). The average Bonchev–Trinajstić information content (AvgIpc) is 2.57. The normalized spacial score (nSPS) is 20.2. The highest BCUT2D eigenvalue weighted by Crippen LogP contribution is 2.33. The lowest BCUT2D eigenvalue weighted by atomic mass is 9.75.